The maximum absolute atomic E-state index is 12.0. The summed E-state index contributed by atoms with van der Waals surface area (Å²) < 4.78 is 10.3. The predicted molar refractivity (Wildman–Crippen MR) is 66.8 cm³/mol. The first-order valence-electron chi connectivity index (χ1n) is 5.41. The van der Waals surface area contributed by atoms with E-state index in [-0.39, 0.29) is 12.2 Å². The number of benzene rings is 1. The lowest BCUT2D eigenvalue weighted by molar-refractivity contribution is 0.0957. The SMILES string of the molecule is COc1ccc(C(=O)CC(C)(C)N)c(OC)c1. The smallest absolute Gasteiger partial charge is 0.168 e. The highest BCUT2D eigenvalue weighted by molar-refractivity contribution is 5.99. The van der Waals surface area contributed by atoms with E-state index in [0.717, 1.165) is 0 Å². The molecule has 94 valence electrons. The number of methoxy groups -OCH3 is 2. The molecule has 0 aliphatic carbocycles. The van der Waals surface area contributed by atoms with Gasteiger partial charge in [-0.25, -0.2) is 0 Å². The van der Waals surface area contributed by atoms with E-state index in [9.17, 15) is 4.79 Å². The van der Waals surface area contributed by atoms with Crippen LogP contribution in [0.2, 0.25) is 0 Å². The molecule has 0 aliphatic heterocycles. The summed E-state index contributed by atoms with van der Waals surface area (Å²) in [5.74, 6) is 1.14. The number of carbonyl (C=O) groups excluding carboxylic acids is 1. The van der Waals surface area contributed by atoms with Crippen molar-refractivity contribution in [1.82, 2.24) is 0 Å². The van der Waals surface area contributed by atoms with Gasteiger partial charge in [0, 0.05) is 18.0 Å². The molecule has 0 saturated carbocycles. The number of ether oxygens (including phenoxy) is 2. The summed E-state index contributed by atoms with van der Waals surface area (Å²) in [6.07, 6.45) is 0.274. The third-order valence-corrected chi connectivity index (χ3v) is 2.33. The van der Waals surface area contributed by atoms with Gasteiger partial charge in [0.15, 0.2) is 5.78 Å². The lowest BCUT2D eigenvalue weighted by Crippen LogP contribution is -2.34. The summed E-state index contributed by atoms with van der Waals surface area (Å²) in [6, 6.07) is 5.13. The molecule has 0 atom stereocenters. The van der Waals surface area contributed by atoms with Gasteiger partial charge in [-0.05, 0) is 26.0 Å². The Labute approximate surface area is 102 Å². The molecule has 17 heavy (non-hydrogen) atoms. The van der Waals surface area contributed by atoms with Crippen LogP contribution in [0.5, 0.6) is 11.5 Å². The quantitative estimate of drug-likeness (QED) is 0.796. The van der Waals surface area contributed by atoms with Crippen molar-refractivity contribution in [2.24, 2.45) is 5.73 Å². The van der Waals surface area contributed by atoms with Gasteiger partial charge in [0.05, 0.1) is 19.8 Å². The van der Waals surface area contributed by atoms with Crippen molar-refractivity contribution in [3.8, 4) is 11.5 Å². The fourth-order valence-electron chi connectivity index (χ4n) is 1.54. The summed E-state index contributed by atoms with van der Waals surface area (Å²) in [4.78, 5) is 12.0. The van der Waals surface area contributed by atoms with Gasteiger partial charge in [0.2, 0.25) is 0 Å². The molecule has 0 radical (unpaired) electrons. The minimum Gasteiger partial charge on any atom is -0.497 e. The predicted octanol–water partition coefficient (Wildman–Crippen LogP) is 2.01. The molecule has 0 unspecified atom stereocenters. The summed E-state index contributed by atoms with van der Waals surface area (Å²) in [7, 11) is 3.10. The topological polar surface area (TPSA) is 61.5 Å². The van der Waals surface area contributed by atoms with Crippen molar-refractivity contribution in [3.05, 3.63) is 23.8 Å². The zero-order valence-corrected chi connectivity index (χ0v) is 10.7. The van der Waals surface area contributed by atoms with Crippen LogP contribution in [-0.2, 0) is 0 Å². The maximum atomic E-state index is 12.0. The van der Waals surface area contributed by atoms with Crippen molar-refractivity contribution >= 4 is 5.78 Å². The molecule has 1 rings (SSSR count). The molecule has 1 aromatic rings. The van der Waals surface area contributed by atoms with E-state index in [1.807, 2.05) is 13.8 Å². The van der Waals surface area contributed by atoms with Crippen LogP contribution in [0.3, 0.4) is 0 Å². The van der Waals surface area contributed by atoms with Crippen LogP contribution >= 0.6 is 0 Å². The minimum atomic E-state index is -0.526. The molecule has 1 aromatic carbocycles. The van der Waals surface area contributed by atoms with Crippen LogP contribution in [0.4, 0.5) is 0 Å². The molecule has 0 bridgehead atoms. The Hall–Kier alpha value is -1.55. The van der Waals surface area contributed by atoms with Gasteiger partial charge < -0.3 is 15.2 Å². The number of ketones is 1. The number of carbonyl (C=O) groups is 1. The lowest BCUT2D eigenvalue weighted by atomic mass is 9.95. The Bertz CT molecular complexity index is 408. The maximum Gasteiger partial charge on any atom is 0.168 e. The molecule has 2 N–H and O–H groups in total. The van der Waals surface area contributed by atoms with Crippen LogP contribution in [0, 0.1) is 0 Å². The summed E-state index contributed by atoms with van der Waals surface area (Å²) >= 11 is 0. The van der Waals surface area contributed by atoms with Gasteiger partial charge >= 0.3 is 0 Å². The van der Waals surface area contributed by atoms with Crippen LogP contribution < -0.4 is 15.2 Å². The molecule has 4 heteroatoms. The monoisotopic (exact) mass is 237 g/mol. The van der Waals surface area contributed by atoms with Crippen molar-refractivity contribution in [1.29, 1.82) is 0 Å². The molecule has 0 heterocycles. The Kier molecular flexibility index (Phi) is 4.12. The number of rotatable bonds is 5. The number of Topliss-reactive ketones (excluding diaryl/α,β-unsaturated/α-hetero) is 1. The second-order valence-corrected chi connectivity index (χ2v) is 4.65. The number of hydrogen-bond donors (Lipinski definition) is 1. The molecule has 0 aliphatic rings. The van der Waals surface area contributed by atoms with Gasteiger partial charge in [-0.15, -0.1) is 0 Å². The van der Waals surface area contributed by atoms with Crippen LogP contribution in [-0.4, -0.2) is 25.5 Å². The zero-order valence-electron chi connectivity index (χ0n) is 10.7. The highest BCUT2D eigenvalue weighted by Crippen LogP contribution is 2.26. The molecule has 0 fully saturated rings. The van der Waals surface area contributed by atoms with E-state index in [2.05, 4.69) is 0 Å². The molecule has 0 spiro atoms. The van der Waals surface area contributed by atoms with Crippen molar-refractivity contribution in [2.75, 3.05) is 14.2 Å². The number of hydrogen-bond acceptors (Lipinski definition) is 4. The molecular weight excluding hydrogens is 218 g/mol. The molecule has 0 saturated heterocycles. The van der Waals surface area contributed by atoms with E-state index in [4.69, 9.17) is 15.2 Å². The average Bonchev–Trinajstić information content (AvgIpc) is 2.25. The first-order valence-corrected chi connectivity index (χ1v) is 5.41. The van der Waals surface area contributed by atoms with E-state index >= 15 is 0 Å². The number of nitrogens with two attached hydrogens (primary N) is 1. The Balaban J connectivity index is 3.01. The normalized spacial score (nSPS) is 11.1. The summed E-state index contributed by atoms with van der Waals surface area (Å²) in [6.45, 7) is 3.64. The fourth-order valence-corrected chi connectivity index (χ4v) is 1.54. The fraction of sp³-hybridized carbons (Fsp3) is 0.462. The van der Waals surface area contributed by atoms with Crippen LogP contribution in [0.25, 0.3) is 0 Å². The highest BCUT2D eigenvalue weighted by atomic mass is 16.5. The Morgan fingerprint density at radius 1 is 1.29 bits per heavy atom. The largest absolute Gasteiger partial charge is 0.497 e. The second kappa shape index (κ2) is 5.19. The van der Waals surface area contributed by atoms with Gasteiger partial charge in [0.1, 0.15) is 11.5 Å². The standard InChI is InChI=1S/C13H19NO3/c1-13(2,14)8-11(15)10-6-5-9(16-3)7-12(10)17-4/h5-7H,8,14H2,1-4H3. The van der Waals surface area contributed by atoms with E-state index < -0.39 is 5.54 Å². The molecular formula is C13H19NO3. The third-order valence-electron chi connectivity index (χ3n) is 2.33. The average molecular weight is 237 g/mol. The van der Waals surface area contributed by atoms with Crippen molar-refractivity contribution in [3.63, 3.8) is 0 Å². The zero-order chi connectivity index (χ0) is 13.1. The third kappa shape index (κ3) is 3.75. The van der Waals surface area contributed by atoms with E-state index in [1.165, 1.54) is 7.11 Å². The summed E-state index contributed by atoms with van der Waals surface area (Å²) in [5.41, 5.74) is 5.84. The molecule has 0 aromatic heterocycles. The van der Waals surface area contributed by atoms with E-state index in [0.29, 0.717) is 17.1 Å². The van der Waals surface area contributed by atoms with Crippen molar-refractivity contribution < 1.29 is 14.3 Å². The van der Waals surface area contributed by atoms with Gasteiger partial charge in [-0.2, -0.15) is 0 Å². The summed E-state index contributed by atoms with van der Waals surface area (Å²) in [5, 5.41) is 0. The molecule has 4 nitrogen and oxygen atoms in total. The van der Waals surface area contributed by atoms with Crippen molar-refractivity contribution in [2.45, 2.75) is 25.8 Å². The van der Waals surface area contributed by atoms with Gasteiger partial charge in [-0.1, -0.05) is 0 Å². The Morgan fingerprint density at radius 2 is 1.94 bits per heavy atom. The Morgan fingerprint density at radius 3 is 2.41 bits per heavy atom. The highest BCUT2D eigenvalue weighted by Gasteiger charge is 2.20. The first-order chi connectivity index (χ1) is 7.87. The first kappa shape index (κ1) is 13.5. The second-order valence-electron chi connectivity index (χ2n) is 4.65. The minimum absolute atomic E-state index is 0.0306. The molecule has 0 amide bonds. The van der Waals surface area contributed by atoms with Crippen LogP contribution in [0.15, 0.2) is 18.2 Å². The lowest BCUT2D eigenvalue weighted by Gasteiger charge is -2.18. The van der Waals surface area contributed by atoms with Crippen LogP contribution in [0.1, 0.15) is 30.6 Å². The van der Waals surface area contributed by atoms with Gasteiger partial charge in [0.25, 0.3) is 0 Å². The van der Waals surface area contributed by atoms with E-state index in [1.54, 1.807) is 25.3 Å². The van der Waals surface area contributed by atoms with Gasteiger partial charge in [-0.3, -0.25) is 4.79 Å².